The number of nitrogens with zero attached hydrogens (tertiary/aromatic N) is 1. The summed E-state index contributed by atoms with van der Waals surface area (Å²) in [5.74, 6) is 0.259. The molecule has 0 N–H and O–H groups in total. The van der Waals surface area contributed by atoms with Gasteiger partial charge in [-0.3, -0.25) is 4.79 Å². The molecule has 6 heteroatoms. The first kappa shape index (κ1) is 13.9. The van der Waals surface area contributed by atoms with Gasteiger partial charge in [-0.05, 0) is 18.2 Å². The van der Waals surface area contributed by atoms with Gasteiger partial charge in [-0.1, -0.05) is 23.2 Å². The van der Waals surface area contributed by atoms with Crippen LogP contribution >= 0.6 is 34.8 Å². The van der Waals surface area contributed by atoms with Gasteiger partial charge in [0.05, 0.1) is 29.3 Å². The number of morpholine rings is 1. The molecule has 1 aromatic carbocycles. The van der Waals surface area contributed by atoms with E-state index in [1.807, 2.05) is 0 Å². The zero-order valence-corrected chi connectivity index (χ0v) is 11.8. The van der Waals surface area contributed by atoms with Crippen LogP contribution in [0.5, 0.6) is 0 Å². The van der Waals surface area contributed by atoms with Gasteiger partial charge >= 0.3 is 0 Å². The summed E-state index contributed by atoms with van der Waals surface area (Å²) in [5, 5.41) is 0.808. The predicted octanol–water partition coefficient (Wildman–Crippen LogP) is 3.07. The highest BCUT2D eigenvalue weighted by Gasteiger charge is 2.27. The summed E-state index contributed by atoms with van der Waals surface area (Å²) in [5.41, 5.74) is 0.515. The van der Waals surface area contributed by atoms with E-state index in [0.29, 0.717) is 41.2 Å². The SMILES string of the molecule is O=C(c1ccc(Cl)c(Cl)c1)N1CCOCC1CCl. The normalized spacial score (nSPS) is 19.9. The Kier molecular flexibility index (Phi) is 4.73. The quantitative estimate of drug-likeness (QED) is 0.786. The standard InChI is InChI=1S/C12H12Cl3NO2/c13-6-9-7-18-4-3-16(9)12(17)8-1-2-10(14)11(15)5-8/h1-2,5,9H,3-4,6-7H2. The molecule has 1 amide bonds. The monoisotopic (exact) mass is 307 g/mol. The summed E-state index contributed by atoms with van der Waals surface area (Å²) in [6.07, 6.45) is 0. The number of hydrogen-bond donors (Lipinski definition) is 0. The first-order valence-corrected chi connectivity index (χ1v) is 6.82. The van der Waals surface area contributed by atoms with E-state index >= 15 is 0 Å². The molecule has 0 saturated carbocycles. The Balaban J connectivity index is 2.21. The van der Waals surface area contributed by atoms with Gasteiger partial charge in [0.15, 0.2) is 0 Å². The van der Waals surface area contributed by atoms with E-state index in [1.54, 1.807) is 23.1 Å². The van der Waals surface area contributed by atoms with Crippen LogP contribution in [-0.4, -0.2) is 42.5 Å². The molecule has 3 nitrogen and oxygen atoms in total. The zero-order valence-electron chi connectivity index (χ0n) is 9.54. The van der Waals surface area contributed by atoms with E-state index in [1.165, 1.54) is 0 Å². The summed E-state index contributed by atoms with van der Waals surface area (Å²) in [7, 11) is 0. The van der Waals surface area contributed by atoms with E-state index in [2.05, 4.69) is 0 Å². The molecular weight excluding hydrogens is 296 g/mol. The minimum atomic E-state index is -0.0950. The molecule has 0 aromatic heterocycles. The fraction of sp³-hybridized carbons (Fsp3) is 0.417. The average molecular weight is 309 g/mol. The van der Waals surface area contributed by atoms with Gasteiger partial charge < -0.3 is 9.64 Å². The molecule has 1 aliphatic heterocycles. The average Bonchev–Trinajstić information content (AvgIpc) is 2.41. The van der Waals surface area contributed by atoms with Crippen molar-refractivity contribution >= 4 is 40.7 Å². The highest BCUT2D eigenvalue weighted by atomic mass is 35.5. The van der Waals surface area contributed by atoms with Crippen molar-refractivity contribution in [3.05, 3.63) is 33.8 Å². The smallest absolute Gasteiger partial charge is 0.254 e. The van der Waals surface area contributed by atoms with Crippen LogP contribution in [0.2, 0.25) is 10.0 Å². The van der Waals surface area contributed by atoms with Crippen LogP contribution in [-0.2, 0) is 4.74 Å². The van der Waals surface area contributed by atoms with Crippen LogP contribution in [0.3, 0.4) is 0 Å². The van der Waals surface area contributed by atoms with Crippen molar-refractivity contribution < 1.29 is 9.53 Å². The molecule has 98 valence electrons. The number of amides is 1. The lowest BCUT2D eigenvalue weighted by molar-refractivity contribution is 0.00456. The summed E-state index contributed by atoms with van der Waals surface area (Å²) in [4.78, 5) is 14.1. The lowest BCUT2D eigenvalue weighted by Crippen LogP contribution is -2.49. The maximum Gasteiger partial charge on any atom is 0.254 e. The van der Waals surface area contributed by atoms with Gasteiger partial charge in [-0.25, -0.2) is 0 Å². The molecule has 1 unspecified atom stereocenters. The van der Waals surface area contributed by atoms with Gasteiger partial charge in [0.1, 0.15) is 0 Å². The first-order chi connectivity index (χ1) is 8.63. The molecular formula is C12H12Cl3NO2. The zero-order chi connectivity index (χ0) is 13.1. The minimum Gasteiger partial charge on any atom is -0.377 e. The molecule has 1 atom stereocenters. The molecule has 1 aromatic rings. The van der Waals surface area contributed by atoms with Crippen molar-refractivity contribution in [2.75, 3.05) is 25.6 Å². The molecule has 1 aliphatic rings. The third-order valence-corrected chi connectivity index (χ3v) is 3.93. The van der Waals surface area contributed by atoms with Crippen LogP contribution in [0.15, 0.2) is 18.2 Å². The van der Waals surface area contributed by atoms with E-state index in [4.69, 9.17) is 39.5 Å². The molecule has 0 aliphatic carbocycles. The number of carbonyl (C=O) groups is 1. The van der Waals surface area contributed by atoms with Gasteiger partial charge in [-0.15, -0.1) is 11.6 Å². The van der Waals surface area contributed by atoms with Crippen molar-refractivity contribution in [1.29, 1.82) is 0 Å². The largest absolute Gasteiger partial charge is 0.377 e. The van der Waals surface area contributed by atoms with E-state index in [0.717, 1.165) is 0 Å². The Bertz CT molecular complexity index is 453. The van der Waals surface area contributed by atoms with Crippen LogP contribution in [0.4, 0.5) is 0 Å². The number of benzene rings is 1. The van der Waals surface area contributed by atoms with Gasteiger partial charge in [-0.2, -0.15) is 0 Å². The second-order valence-electron chi connectivity index (χ2n) is 4.01. The molecule has 0 bridgehead atoms. The number of halogens is 3. The van der Waals surface area contributed by atoms with Crippen molar-refractivity contribution in [2.24, 2.45) is 0 Å². The number of hydrogen-bond acceptors (Lipinski definition) is 2. The van der Waals surface area contributed by atoms with E-state index < -0.39 is 0 Å². The first-order valence-electron chi connectivity index (χ1n) is 5.53. The third kappa shape index (κ3) is 2.91. The fourth-order valence-corrected chi connectivity index (χ4v) is 2.40. The molecule has 18 heavy (non-hydrogen) atoms. The molecule has 1 fully saturated rings. The maximum absolute atomic E-state index is 12.3. The number of ether oxygens (including phenoxy) is 1. The molecule has 1 heterocycles. The van der Waals surface area contributed by atoms with Crippen molar-refractivity contribution in [3.8, 4) is 0 Å². The summed E-state index contributed by atoms with van der Waals surface area (Å²) in [6.45, 7) is 1.54. The minimum absolute atomic E-state index is 0.0949. The third-order valence-electron chi connectivity index (χ3n) is 2.83. The Morgan fingerprint density at radius 3 is 2.83 bits per heavy atom. The van der Waals surface area contributed by atoms with Crippen LogP contribution in [0.25, 0.3) is 0 Å². The van der Waals surface area contributed by atoms with Crippen molar-refractivity contribution in [1.82, 2.24) is 4.90 Å². The highest BCUT2D eigenvalue weighted by Crippen LogP contribution is 2.24. The summed E-state index contributed by atoms with van der Waals surface area (Å²) >= 11 is 17.6. The topological polar surface area (TPSA) is 29.5 Å². The van der Waals surface area contributed by atoms with Crippen LogP contribution in [0.1, 0.15) is 10.4 Å². The van der Waals surface area contributed by atoms with E-state index in [-0.39, 0.29) is 11.9 Å². The molecule has 0 spiro atoms. The Morgan fingerprint density at radius 1 is 1.39 bits per heavy atom. The number of carbonyl (C=O) groups excluding carboxylic acids is 1. The summed E-state index contributed by atoms with van der Waals surface area (Å²) < 4.78 is 5.31. The fourth-order valence-electron chi connectivity index (χ4n) is 1.85. The van der Waals surface area contributed by atoms with Crippen LogP contribution in [0, 0.1) is 0 Å². The summed E-state index contributed by atoms with van der Waals surface area (Å²) in [6, 6.07) is 4.76. The van der Waals surface area contributed by atoms with E-state index in [9.17, 15) is 4.79 Å². The number of alkyl halides is 1. The van der Waals surface area contributed by atoms with Crippen molar-refractivity contribution in [2.45, 2.75) is 6.04 Å². The second kappa shape index (κ2) is 6.11. The maximum atomic E-state index is 12.3. The lowest BCUT2D eigenvalue weighted by Gasteiger charge is -2.34. The second-order valence-corrected chi connectivity index (χ2v) is 5.13. The van der Waals surface area contributed by atoms with Gasteiger partial charge in [0.2, 0.25) is 0 Å². The molecule has 2 rings (SSSR count). The van der Waals surface area contributed by atoms with Gasteiger partial charge in [0, 0.05) is 18.0 Å². The van der Waals surface area contributed by atoms with Crippen molar-refractivity contribution in [3.63, 3.8) is 0 Å². The Morgan fingerprint density at radius 2 is 2.17 bits per heavy atom. The molecule has 0 radical (unpaired) electrons. The highest BCUT2D eigenvalue weighted by molar-refractivity contribution is 6.42. The molecule has 1 saturated heterocycles. The lowest BCUT2D eigenvalue weighted by atomic mass is 10.1. The predicted molar refractivity (Wildman–Crippen MR) is 72.8 cm³/mol. The van der Waals surface area contributed by atoms with Gasteiger partial charge in [0.25, 0.3) is 5.91 Å². The Hall–Kier alpha value is -0.480. The Labute approximate surface area is 121 Å². The van der Waals surface area contributed by atoms with Crippen LogP contribution < -0.4 is 0 Å². The number of rotatable bonds is 2.